The highest BCUT2D eigenvalue weighted by atomic mass is 28.3. The van der Waals surface area contributed by atoms with Gasteiger partial charge in [0.2, 0.25) is 0 Å². The van der Waals surface area contributed by atoms with Crippen LogP contribution >= 0.6 is 0 Å². The summed E-state index contributed by atoms with van der Waals surface area (Å²) in [4.78, 5) is 0. The van der Waals surface area contributed by atoms with Crippen molar-refractivity contribution in [1.82, 2.24) is 0 Å². The topological polar surface area (TPSA) is 0 Å². The molecule has 3 rings (SSSR count). The summed E-state index contributed by atoms with van der Waals surface area (Å²) in [6.45, 7) is 23.2. The minimum absolute atomic E-state index is 0.501. The maximum atomic E-state index is 2.66. The molecule has 0 radical (unpaired) electrons. The molecule has 0 N–H and O–H groups in total. The van der Waals surface area contributed by atoms with E-state index < -0.39 is 8.07 Å². The van der Waals surface area contributed by atoms with Crippen LogP contribution in [0.25, 0.3) is 0 Å². The molecule has 0 aromatic rings. The van der Waals surface area contributed by atoms with E-state index >= 15 is 0 Å². The van der Waals surface area contributed by atoms with Crippen LogP contribution in [-0.2, 0) is 0 Å². The average Bonchev–Trinajstić information content (AvgIpc) is 3.09. The molecule has 0 aliphatic heterocycles. The SMILES string of the molecule is CC[Si](CC)(C1CC(CC(C)(C)C)C2CCCCC21)C1C(C)C(C)C(C)C1C. The zero-order valence-electron chi connectivity index (χ0n) is 20.9. The highest BCUT2D eigenvalue weighted by molar-refractivity contribution is 6.82. The van der Waals surface area contributed by atoms with E-state index in [-0.39, 0.29) is 0 Å². The molecule has 3 aliphatic carbocycles. The maximum Gasteiger partial charge on any atom is 0.0601 e. The summed E-state index contributed by atoms with van der Waals surface area (Å²) in [6.07, 6.45) is 9.27. The van der Waals surface area contributed by atoms with Crippen LogP contribution in [0.5, 0.6) is 0 Å². The summed E-state index contributed by atoms with van der Waals surface area (Å²) in [6, 6.07) is 3.11. The molecule has 0 bridgehead atoms. The Morgan fingerprint density at radius 3 is 1.71 bits per heavy atom. The summed E-state index contributed by atoms with van der Waals surface area (Å²) in [7, 11) is -1.31. The summed E-state index contributed by atoms with van der Waals surface area (Å²) in [5.74, 6) is 6.98. The highest BCUT2D eigenvalue weighted by Gasteiger charge is 2.59. The molecule has 3 aliphatic rings. The third-order valence-corrected chi connectivity index (χ3v) is 17.9. The van der Waals surface area contributed by atoms with Crippen molar-refractivity contribution < 1.29 is 0 Å². The van der Waals surface area contributed by atoms with Crippen molar-refractivity contribution in [2.75, 3.05) is 0 Å². The first-order valence-corrected chi connectivity index (χ1v) is 15.6. The molecule has 0 spiro atoms. The molecule has 0 aromatic heterocycles. The number of fused-ring (bicyclic) bond motifs is 1. The van der Waals surface area contributed by atoms with Crippen molar-refractivity contribution in [3.8, 4) is 0 Å². The van der Waals surface area contributed by atoms with Crippen LogP contribution in [0.1, 0.15) is 101 Å². The van der Waals surface area contributed by atoms with E-state index in [0.29, 0.717) is 5.41 Å². The number of hydrogen-bond donors (Lipinski definition) is 0. The first kappa shape index (κ1) is 22.9. The summed E-state index contributed by atoms with van der Waals surface area (Å²) < 4.78 is 0. The van der Waals surface area contributed by atoms with Crippen LogP contribution in [-0.4, -0.2) is 8.07 Å². The molecular formula is C27H52Si. The monoisotopic (exact) mass is 404 g/mol. The van der Waals surface area contributed by atoms with E-state index in [4.69, 9.17) is 0 Å². The molecule has 28 heavy (non-hydrogen) atoms. The van der Waals surface area contributed by atoms with Gasteiger partial charge in [-0.1, -0.05) is 93.7 Å². The minimum atomic E-state index is -1.31. The lowest BCUT2D eigenvalue weighted by molar-refractivity contribution is 0.181. The van der Waals surface area contributed by atoms with Gasteiger partial charge in [-0.2, -0.15) is 0 Å². The molecule has 0 heterocycles. The predicted octanol–water partition coefficient (Wildman–Crippen LogP) is 9.04. The molecule has 164 valence electrons. The fourth-order valence-corrected chi connectivity index (χ4v) is 17.0. The van der Waals surface area contributed by atoms with Gasteiger partial charge in [0, 0.05) is 0 Å². The van der Waals surface area contributed by atoms with Gasteiger partial charge in [0.25, 0.3) is 0 Å². The van der Waals surface area contributed by atoms with Crippen LogP contribution in [0.2, 0.25) is 23.2 Å². The summed E-state index contributed by atoms with van der Waals surface area (Å²) >= 11 is 0. The van der Waals surface area contributed by atoms with Crippen molar-refractivity contribution >= 4 is 8.07 Å². The lowest BCUT2D eigenvalue weighted by Crippen LogP contribution is -2.48. The quantitative estimate of drug-likeness (QED) is 0.401. The fraction of sp³-hybridized carbons (Fsp3) is 1.00. The van der Waals surface area contributed by atoms with Crippen LogP contribution in [0.15, 0.2) is 0 Å². The summed E-state index contributed by atoms with van der Waals surface area (Å²) in [5.41, 5.74) is 2.71. The fourth-order valence-electron chi connectivity index (χ4n) is 9.26. The van der Waals surface area contributed by atoms with Gasteiger partial charge in [-0.15, -0.1) is 0 Å². The Morgan fingerprint density at radius 1 is 0.750 bits per heavy atom. The summed E-state index contributed by atoms with van der Waals surface area (Å²) in [5, 5.41) is 0. The maximum absolute atomic E-state index is 2.66. The molecule has 0 aromatic carbocycles. The number of rotatable bonds is 5. The largest absolute Gasteiger partial charge is 0.0678 e. The molecule has 3 fully saturated rings. The Hall–Kier alpha value is 0.217. The standard InChI is InChI=1S/C27H52Si/c1-10-28(11-2,26-20(5)18(3)19(4)21(26)6)25-16-22(17-27(7,8)9)23-14-12-13-15-24(23)25/h18-26H,10-17H2,1-9H3. The van der Waals surface area contributed by atoms with Crippen molar-refractivity contribution in [1.29, 1.82) is 0 Å². The average molecular weight is 405 g/mol. The number of hydrogen-bond acceptors (Lipinski definition) is 0. The Morgan fingerprint density at radius 2 is 1.25 bits per heavy atom. The first-order chi connectivity index (χ1) is 13.1. The van der Waals surface area contributed by atoms with Gasteiger partial charge in [0.1, 0.15) is 0 Å². The third kappa shape index (κ3) is 3.80. The van der Waals surface area contributed by atoms with Gasteiger partial charge in [-0.3, -0.25) is 0 Å². The zero-order chi connectivity index (χ0) is 20.9. The second kappa shape index (κ2) is 8.39. The van der Waals surface area contributed by atoms with Crippen LogP contribution < -0.4 is 0 Å². The van der Waals surface area contributed by atoms with E-state index in [1.54, 1.807) is 31.4 Å². The molecule has 8 unspecified atom stereocenters. The molecule has 3 saturated carbocycles. The Labute approximate surface area is 179 Å². The third-order valence-electron chi connectivity index (χ3n) is 10.8. The first-order valence-electron chi connectivity index (χ1n) is 13.1. The van der Waals surface area contributed by atoms with Gasteiger partial charge >= 0.3 is 0 Å². The minimum Gasteiger partial charge on any atom is -0.0678 e. The van der Waals surface area contributed by atoms with E-state index in [1.165, 1.54) is 19.3 Å². The zero-order valence-corrected chi connectivity index (χ0v) is 21.9. The van der Waals surface area contributed by atoms with Crippen molar-refractivity contribution in [2.24, 2.45) is 46.8 Å². The van der Waals surface area contributed by atoms with Crippen molar-refractivity contribution in [3.05, 3.63) is 0 Å². The molecule has 0 saturated heterocycles. The van der Waals surface area contributed by atoms with Crippen molar-refractivity contribution in [3.63, 3.8) is 0 Å². The van der Waals surface area contributed by atoms with Gasteiger partial charge in [0.15, 0.2) is 0 Å². The van der Waals surface area contributed by atoms with E-state index in [2.05, 4.69) is 62.3 Å². The van der Waals surface area contributed by atoms with Gasteiger partial charge < -0.3 is 0 Å². The second-order valence-corrected chi connectivity index (χ2v) is 18.2. The van der Waals surface area contributed by atoms with Crippen molar-refractivity contribution in [2.45, 2.75) is 124 Å². The normalized spacial score (nSPS) is 44.7. The van der Waals surface area contributed by atoms with E-state index in [9.17, 15) is 0 Å². The van der Waals surface area contributed by atoms with Gasteiger partial charge in [-0.25, -0.2) is 0 Å². The van der Waals surface area contributed by atoms with Crippen LogP contribution in [0.4, 0.5) is 0 Å². The molecule has 8 atom stereocenters. The predicted molar refractivity (Wildman–Crippen MR) is 128 cm³/mol. The molecule has 0 nitrogen and oxygen atoms in total. The van der Waals surface area contributed by atoms with Crippen LogP contribution in [0.3, 0.4) is 0 Å². The van der Waals surface area contributed by atoms with E-state index in [1.807, 2.05) is 0 Å². The smallest absolute Gasteiger partial charge is 0.0601 e. The lowest BCUT2D eigenvalue weighted by atomic mass is 9.73. The molecule has 1 heteroatoms. The molecule has 0 amide bonds. The Kier molecular flexibility index (Phi) is 6.86. The second-order valence-electron chi connectivity index (χ2n) is 12.9. The Bertz CT molecular complexity index is 499. The lowest BCUT2D eigenvalue weighted by Gasteiger charge is -2.49. The highest BCUT2D eigenvalue weighted by Crippen LogP contribution is 2.66. The van der Waals surface area contributed by atoms with Gasteiger partial charge in [-0.05, 0) is 77.2 Å². The van der Waals surface area contributed by atoms with E-state index in [0.717, 1.165) is 52.5 Å². The van der Waals surface area contributed by atoms with Crippen LogP contribution in [0, 0.1) is 46.8 Å². The Balaban J connectivity index is 1.96. The molecular weight excluding hydrogens is 352 g/mol. The van der Waals surface area contributed by atoms with Gasteiger partial charge in [0.05, 0.1) is 8.07 Å².